The average Bonchev–Trinajstić information content (AvgIpc) is 3.50. The SMILES string of the molecule is CCC(C(=O)NC1CCCC1)N(C(=O)Cn1nnc(-c2ccc(C)cc2)n1)c1cccc(O)c1. The van der Waals surface area contributed by atoms with Crippen molar-refractivity contribution in [2.24, 2.45) is 0 Å². The van der Waals surface area contributed by atoms with Crippen molar-refractivity contribution >= 4 is 17.5 Å². The van der Waals surface area contributed by atoms with Crippen LogP contribution in [0.4, 0.5) is 5.69 Å². The van der Waals surface area contributed by atoms with Gasteiger partial charge >= 0.3 is 0 Å². The van der Waals surface area contributed by atoms with Crippen LogP contribution in [-0.4, -0.2) is 49.2 Å². The molecule has 0 aliphatic heterocycles. The standard InChI is InChI=1S/C25H30N6O3/c1-3-22(25(34)26-19-7-4-5-8-19)31(20-9-6-10-21(32)15-20)23(33)16-30-28-24(27-29-30)18-13-11-17(2)12-14-18/h6,9-15,19,22,32H,3-5,7-8,16H2,1-2H3,(H,26,34). The number of hydrogen-bond acceptors (Lipinski definition) is 6. The van der Waals surface area contributed by atoms with E-state index in [1.54, 1.807) is 12.1 Å². The number of nitrogens with one attached hydrogen (secondary N) is 1. The van der Waals surface area contributed by atoms with Crippen LogP contribution in [-0.2, 0) is 16.1 Å². The molecular formula is C25H30N6O3. The molecule has 1 atom stereocenters. The molecule has 34 heavy (non-hydrogen) atoms. The minimum absolute atomic E-state index is 0.0156. The number of aromatic nitrogens is 4. The third kappa shape index (κ3) is 5.41. The summed E-state index contributed by atoms with van der Waals surface area (Å²) in [6.07, 6.45) is 4.51. The number of aromatic hydroxyl groups is 1. The Morgan fingerprint density at radius 1 is 1.18 bits per heavy atom. The summed E-state index contributed by atoms with van der Waals surface area (Å²) in [6.45, 7) is 3.67. The second-order valence-electron chi connectivity index (χ2n) is 8.71. The normalized spacial score (nSPS) is 14.6. The molecule has 9 nitrogen and oxygen atoms in total. The fourth-order valence-corrected chi connectivity index (χ4v) is 4.32. The number of nitrogens with zero attached hydrogens (tertiary/aromatic N) is 5. The molecule has 1 aromatic heterocycles. The minimum atomic E-state index is -0.727. The van der Waals surface area contributed by atoms with Gasteiger partial charge in [-0.3, -0.25) is 14.5 Å². The fourth-order valence-electron chi connectivity index (χ4n) is 4.32. The topological polar surface area (TPSA) is 113 Å². The highest BCUT2D eigenvalue weighted by Gasteiger charge is 2.32. The Morgan fingerprint density at radius 2 is 1.91 bits per heavy atom. The smallest absolute Gasteiger partial charge is 0.251 e. The first-order valence-corrected chi connectivity index (χ1v) is 11.7. The minimum Gasteiger partial charge on any atom is -0.508 e. The second kappa shape index (κ2) is 10.5. The third-order valence-electron chi connectivity index (χ3n) is 6.12. The van der Waals surface area contributed by atoms with Crippen LogP contribution in [0, 0.1) is 6.92 Å². The number of amides is 2. The van der Waals surface area contributed by atoms with Gasteiger partial charge in [0, 0.05) is 23.4 Å². The number of hydrogen-bond donors (Lipinski definition) is 2. The van der Waals surface area contributed by atoms with E-state index >= 15 is 0 Å². The van der Waals surface area contributed by atoms with E-state index < -0.39 is 6.04 Å². The first-order valence-electron chi connectivity index (χ1n) is 11.7. The molecule has 178 valence electrons. The van der Waals surface area contributed by atoms with Crippen molar-refractivity contribution in [1.82, 2.24) is 25.5 Å². The molecule has 1 saturated carbocycles. The zero-order valence-corrected chi connectivity index (χ0v) is 19.5. The zero-order valence-electron chi connectivity index (χ0n) is 19.5. The number of anilines is 1. The first kappa shape index (κ1) is 23.4. The fraction of sp³-hybridized carbons (Fsp3) is 0.400. The molecule has 0 bridgehead atoms. The number of tetrazole rings is 1. The van der Waals surface area contributed by atoms with Crippen LogP contribution < -0.4 is 10.2 Å². The van der Waals surface area contributed by atoms with E-state index in [0.717, 1.165) is 36.8 Å². The van der Waals surface area contributed by atoms with E-state index in [1.165, 1.54) is 21.8 Å². The molecule has 0 spiro atoms. The molecule has 2 amide bonds. The highest BCUT2D eigenvalue weighted by atomic mass is 16.3. The lowest BCUT2D eigenvalue weighted by atomic mass is 10.1. The molecule has 2 aromatic carbocycles. The van der Waals surface area contributed by atoms with Gasteiger partial charge in [-0.15, -0.1) is 10.2 Å². The lowest BCUT2D eigenvalue weighted by molar-refractivity contribution is -0.127. The van der Waals surface area contributed by atoms with Crippen molar-refractivity contribution in [3.8, 4) is 17.1 Å². The summed E-state index contributed by atoms with van der Waals surface area (Å²) in [5.41, 5.74) is 2.36. The Morgan fingerprint density at radius 3 is 2.59 bits per heavy atom. The van der Waals surface area contributed by atoms with Gasteiger partial charge in [0.15, 0.2) is 0 Å². The number of carbonyl (C=O) groups excluding carboxylic acids is 2. The summed E-state index contributed by atoms with van der Waals surface area (Å²) >= 11 is 0. The number of aryl methyl sites for hydroxylation is 1. The monoisotopic (exact) mass is 462 g/mol. The van der Waals surface area contributed by atoms with Crippen LogP contribution in [0.3, 0.4) is 0 Å². The van der Waals surface area contributed by atoms with Crippen LogP contribution in [0.5, 0.6) is 5.75 Å². The largest absolute Gasteiger partial charge is 0.508 e. The third-order valence-corrected chi connectivity index (χ3v) is 6.12. The number of carbonyl (C=O) groups is 2. The maximum atomic E-state index is 13.5. The Labute approximate surface area is 198 Å². The molecule has 1 fully saturated rings. The second-order valence-corrected chi connectivity index (χ2v) is 8.71. The van der Waals surface area contributed by atoms with Crippen LogP contribution in [0.1, 0.15) is 44.6 Å². The summed E-state index contributed by atoms with van der Waals surface area (Å²) in [5.74, 6) is -0.130. The Hall–Kier alpha value is -3.75. The Bertz CT molecular complexity index is 1140. The van der Waals surface area contributed by atoms with Crippen LogP contribution in [0.2, 0.25) is 0 Å². The molecule has 0 radical (unpaired) electrons. The highest BCUT2D eigenvalue weighted by Crippen LogP contribution is 2.25. The van der Waals surface area contributed by atoms with Gasteiger partial charge in [0.1, 0.15) is 18.3 Å². The Kier molecular flexibility index (Phi) is 7.20. The molecule has 2 N–H and O–H groups in total. The predicted molar refractivity (Wildman–Crippen MR) is 128 cm³/mol. The zero-order chi connectivity index (χ0) is 24.1. The quantitative estimate of drug-likeness (QED) is 0.531. The molecule has 0 saturated heterocycles. The Balaban J connectivity index is 1.57. The van der Waals surface area contributed by atoms with Crippen molar-refractivity contribution in [3.05, 3.63) is 54.1 Å². The van der Waals surface area contributed by atoms with Crippen LogP contribution in [0.25, 0.3) is 11.4 Å². The molecule has 1 aliphatic carbocycles. The summed E-state index contributed by atoms with van der Waals surface area (Å²) in [7, 11) is 0. The number of phenolic OH excluding ortho intramolecular Hbond substituents is 1. The van der Waals surface area contributed by atoms with Crippen molar-refractivity contribution in [2.75, 3.05) is 4.90 Å². The summed E-state index contributed by atoms with van der Waals surface area (Å²) < 4.78 is 0. The van der Waals surface area contributed by atoms with Gasteiger partial charge in [-0.1, -0.05) is 55.7 Å². The molecule has 9 heteroatoms. The first-order chi connectivity index (χ1) is 16.4. The molecule has 1 unspecified atom stereocenters. The van der Waals surface area contributed by atoms with Crippen LogP contribution in [0.15, 0.2) is 48.5 Å². The van der Waals surface area contributed by atoms with Gasteiger partial charge in [0.25, 0.3) is 5.91 Å². The molecule has 1 aliphatic rings. The van der Waals surface area contributed by atoms with Gasteiger partial charge < -0.3 is 10.4 Å². The number of benzene rings is 2. The number of phenols is 1. The van der Waals surface area contributed by atoms with E-state index in [4.69, 9.17) is 0 Å². The average molecular weight is 463 g/mol. The van der Waals surface area contributed by atoms with E-state index in [9.17, 15) is 14.7 Å². The molecule has 3 aromatic rings. The van der Waals surface area contributed by atoms with E-state index in [-0.39, 0.29) is 30.2 Å². The molecule has 1 heterocycles. The molecular weight excluding hydrogens is 432 g/mol. The maximum Gasteiger partial charge on any atom is 0.251 e. The van der Waals surface area contributed by atoms with Crippen LogP contribution >= 0.6 is 0 Å². The van der Waals surface area contributed by atoms with Crippen molar-refractivity contribution in [3.63, 3.8) is 0 Å². The van der Waals surface area contributed by atoms with Gasteiger partial charge in [-0.2, -0.15) is 4.80 Å². The van der Waals surface area contributed by atoms with Crippen molar-refractivity contribution < 1.29 is 14.7 Å². The van der Waals surface area contributed by atoms with Gasteiger partial charge in [0.2, 0.25) is 11.7 Å². The summed E-state index contributed by atoms with van der Waals surface area (Å²) in [5, 5.41) is 25.6. The lowest BCUT2D eigenvalue weighted by Crippen LogP contribution is -2.52. The highest BCUT2D eigenvalue weighted by molar-refractivity contribution is 6.00. The lowest BCUT2D eigenvalue weighted by Gasteiger charge is -2.31. The van der Waals surface area contributed by atoms with Crippen molar-refractivity contribution in [1.29, 1.82) is 0 Å². The van der Waals surface area contributed by atoms with E-state index in [1.807, 2.05) is 38.1 Å². The van der Waals surface area contributed by atoms with E-state index in [0.29, 0.717) is 17.9 Å². The maximum absolute atomic E-state index is 13.5. The molecule has 4 rings (SSSR count). The summed E-state index contributed by atoms with van der Waals surface area (Å²) in [6, 6.07) is 13.5. The summed E-state index contributed by atoms with van der Waals surface area (Å²) in [4.78, 5) is 29.3. The number of rotatable bonds is 8. The van der Waals surface area contributed by atoms with Gasteiger partial charge in [0.05, 0.1) is 0 Å². The van der Waals surface area contributed by atoms with Gasteiger partial charge in [-0.25, -0.2) is 0 Å². The predicted octanol–water partition coefficient (Wildman–Crippen LogP) is 3.22. The van der Waals surface area contributed by atoms with Gasteiger partial charge in [-0.05, 0) is 43.5 Å². The van der Waals surface area contributed by atoms with Crippen molar-refractivity contribution in [2.45, 2.75) is 64.6 Å². The van der Waals surface area contributed by atoms with E-state index in [2.05, 4.69) is 20.7 Å².